The predicted molar refractivity (Wildman–Crippen MR) is 179 cm³/mol. The summed E-state index contributed by atoms with van der Waals surface area (Å²) in [6, 6.07) is 28.5. The number of carbonyl (C=O) groups is 3. The lowest BCUT2D eigenvalue weighted by Crippen LogP contribution is -2.57. The van der Waals surface area contributed by atoms with Crippen LogP contribution in [-0.2, 0) is 25.5 Å². The van der Waals surface area contributed by atoms with Gasteiger partial charge in [0.05, 0.1) is 36.7 Å². The molecule has 3 N–H and O–H groups in total. The van der Waals surface area contributed by atoms with E-state index >= 15 is 0 Å². The lowest BCUT2D eigenvalue weighted by atomic mass is 9.66. The molecule has 3 saturated heterocycles. The average Bonchev–Trinajstić information content (AvgIpc) is 3.65. The number of nitrogens with zero attached hydrogens (tertiary/aromatic N) is 1. The zero-order chi connectivity index (χ0) is 32.8. The van der Waals surface area contributed by atoms with Crippen LogP contribution in [0.4, 0.5) is 11.4 Å². The van der Waals surface area contributed by atoms with Crippen molar-refractivity contribution in [2.45, 2.75) is 56.4 Å². The maximum atomic E-state index is 14.7. The largest absolute Gasteiger partial charge is 0.494 e. The predicted octanol–water partition coefficient (Wildman–Crippen LogP) is 5.18. The second kappa shape index (κ2) is 12.1. The molecule has 9 heteroatoms. The van der Waals surface area contributed by atoms with Crippen LogP contribution in [0.25, 0.3) is 10.8 Å². The summed E-state index contributed by atoms with van der Waals surface area (Å²) in [4.78, 5) is 44.8. The molecule has 7 rings (SSSR count). The second-order valence-corrected chi connectivity index (χ2v) is 13.0. The van der Waals surface area contributed by atoms with Gasteiger partial charge in [-0.1, -0.05) is 60.7 Å². The Morgan fingerprint density at radius 3 is 2.32 bits per heavy atom. The third-order valence-corrected chi connectivity index (χ3v) is 10.1. The molecule has 4 aromatic carbocycles. The van der Waals surface area contributed by atoms with Crippen LogP contribution in [-0.4, -0.2) is 64.2 Å². The number of anilines is 2. The van der Waals surface area contributed by atoms with Crippen molar-refractivity contribution in [2.24, 2.45) is 11.8 Å². The van der Waals surface area contributed by atoms with Crippen molar-refractivity contribution in [3.63, 3.8) is 0 Å². The van der Waals surface area contributed by atoms with Gasteiger partial charge in [-0.3, -0.25) is 14.4 Å². The molecule has 3 heterocycles. The molecule has 3 aliphatic heterocycles. The van der Waals surface area contributed by atoms with Crippen LogP contribution < -0.4 is 15.4 Å². The zero-order valence-corrected chi connectivity index (χ0v) is 26.5. The number of fused-ring (bicyclic) bond motifs is 2. The number of benzene rings is 4. The number of ether oxygens (including phenoxy) is 2. The molecule has 2 unspecified atom stereocenters. The quantitative estimate of drug-likeness (QED) is 0.222. The molecule has 3 fully saturated rings. The van der Waals surface area contributed by atoms with E-state index in [-0.39, 0.29) is 18.4 Å². The monoisotopic (exact) mass is 633 g/mol. The summed E-state index contributed by atoms with van der Waals surface area (Å²) in [5, 5.41) is 18.8. The first-order valence-electron chi connectivity index (χ1n) is 16.3. The first kappa shape index (κ1) is 30.9. The van der Waals surface area contributed by atoms with Crippen molar-refractivity contribution in [1.82, 2.24) is 4.90 Å². The van der Waals surface area contributed by atoms with Gasteiger partial charge in [0.2, 0.25) is 17.7 Å². The fourth-order valence-corrected chi connectivity index (χ4v) is 8.09. The molecule has 3 amide bonds. The van der Waals surface area contributed by atoms with Crippen LogP contribution in [0.1, 0.15) is 32.3 Å². The van der Waals surface area contributed by atoms with E-state index in [9.17, 15) is 19.5 Å². The Morgan fingerprint density at radius 2 is 1.60 bits per heavy atom. The normalized spacial score (nSPS) is 26.7. The highest BCUT2D eigenvalue weighted by Crippen LogP contribution is 2.63. The third-order valence-electron chi connectivity index (χ3n) is 10.1. The Labute approximate surface area is 273 Å². The molecule has 4 aromatic rings. The van der Waals surface area contributed by atoms with Gasteiger partial charge >= 0.3 is 0 Å². The van der Waals surface area contributed by atoms with Crippen molar-refractivity contribution in [1.29, 1.82) is 0 Å². The number of rotatable bonds is 10. The molecule has 9 nitrogen and oxygen atoms in total. The molecular formula is C38H39N3O6. The summed E-state index contributed by atoms with van der Waals surface area (Å²) < 4.78 is 12.3. The topological polar surface area (TPSA) is 117 Å². The van der Waals surface area contributed by atoms with Gasteiger partial charge in [-0.05, 0) is 85.8 Å². The molecule has 0 aliphatic carbocycles. The summed E-state index contributed by atoms with van der Waals surface area (Å²) in [5.74, 6) is -2.15. The summed E-state index contributed by atoms with van der Waals surface area (Å²) in [6.07, 6.45) is 1.28. The highest BCUT2D eigenvalue weighted by molar-refractivity contribution is 6.06. The zero-order valence-electron chi connectivity index (χ0n) is 26.5. The fraction of sp³-hybridized carbons (Fsp3) is 0.342. The Bertz CT molecular complexity index is 1810. The van der Waals surface area contributed by atoms with E-state index in [0.717, 1.165) is 16.3 Å². The number of hydrogen-bond donors (Lipinski definition) is 3. The molecule has 242 valence electrons. The minimum Gasteiger partial charge on any atom is -0.494 e. The van der Waals surface area contributed by atoms with E-state index < -0.39 is 41.0 Å². The Morgan fingerprint density at radius 1 is 0.915 bits per heavy atom. The van der Waals surface area contributed by atoms with Crippen LogP contribution in [0.3, 0.4) is 0 Å². The van der Waals surface area contributed by atoms with Crippen molar-refractivity contribution in [3.8, 4) is 5.75 Å². The minimum atomic E-state index is -1.24. The molecular weight excluding hydrogens is 594 g/mol. The van der Waals surface area contributed by atoms with Gasteiger partial charge in [0.1, 0.15) is 17.4 Å². The summed E-state index contributed by atoms with van der Waals surface area (Å²) in [5.41, 5.74) is -0.100. The lowest BCUT2D eigenvalue weighted by Gasteiger charge is -2.37. The van der Waals surface area contributed by atoms with E-state index in [4.69, 9.17) is 9.47 Å². The maximum absolute atomic E-state index is 14.7. The Hall–Kier alpha value is -4.73. The van der Waals surface area contributed by atoms with Gasteiger partial charge < -0.3 is 30.1 Å². The van der Waals surface area contributed by atoms with E-state index in [1.165, 1.54) is 4.90 Å². The first-order chi connectivity index (χ1) is 22.8. The molecule has 0 aromatic heterocycles. The minimum absolute atomic E-state index is 0.337. The summed E-state index contributed by atoms with van der Waals surface area (Å²) in [7, 11) is 0. The van der Waals surface area contributed by atoms with Gasteiger partial charge in [-0.15, -0.1) is 0 Å². The van der Waals surface area contributed by atoms with Gasteiger partial charge in [-0.2, -0.15) is 0 Å². The van der Waals surface area contributed by atoms with Gasteiger partial charge in [0, 0.05) is 11.4 Å². The van der Waals surface area contributed by atoms with Crippen LogP contribution in [0, 0.1) is 11.8 Å². The molecule has 2 bridgehead atoms. The van der Waals surface area contributed by atoms with Crippen LogP contribution in [0.15, 0.2) is 97.1 Å². The number of likely N-dealkylation sites (tertiary alicyclic amines) is 1. The van der Waals surface area contributed by atoms with E-state index in [1.807, 2.05) is 86.6 Å². The number of carbonyl (C=O) groups excluding carboxylic acids is 3. The SMILES string of the molecule is CCOc1ccc(NC(=O)[C@H]2[C@H]3C(=O)N([C@@H](CO)Cc4ccccc4)C(C(=O)Nc4ccc5ccccc5c4)C34CC[C@]2(C)O4)cc1. The standard InChI is InChI=1S/C38H39N3O6/c1-3-46-30-17-15-27(16-18-30)39-34(43)31-32-36(45)41(29(23-42)21-24-9-5-4-6-10-24)33(38(32)20-19-37(31,2)47-38)35(44)40-28-14-13-25-11-7-8-12-26(25)22-28/h4-18,22,29,31-33,42H,3,19-21,23H2,1-2H3,(H,39,43)(H,40,44)/t29-,31-,32+,33?,37+,38?/m1/s1. The third kappa shape index (κ3) is 5.33. The van der Waals surface area contributed by atoms with E-state index in [2.05, 4.69) is 10.6 Å². The molecule has 0 saturated carbocycles. The van der Waals surface area contributed by atoms with Gasteiger partial charge in [-0.25, -0.2) is 0 Å². The first-order valence-corrected chi connectivity index (χ1v) is 16.3. The summed E-state index contributed by atoms with van der Waals surface area (Å²) >= 11 is 0. The fourth-order valence-electron chi connectivity index (χ4n) is 8.09. The number of hydrogen-bond acceptors (Lipinski definition) is 6. The highest BCUT2D eigenvalue weighted by Gasteiger charge is 2.78. The molecule has 47 heavy (non-hydrogen) atoms. The van der Waals surface area contributed by atoms with E-state index in [1.54, 1.807) is 24.3 Å². The molecule has 6 atom stereocenters. The van der Waals surface area contributed by atoms with Crippen LogP contribution in [0.2, 0.25) is 0 Å². The van der Waals surface area contributed by atoms with Gasteiger partial charge in [0.15, 0.2) is 0 Å². The number of aliphatic hydroxyl groups excluding tert-OH is 1. The smallest absolute Gasteiger partial charge is 0.250 e. The highest BCUT2D eigenvalue weighted by atomic mass is 16.5. The maximum Gasteiger partial charge on any atom is 0.250 e. The molecule has 0 radical (unpaired) electrons. The second-order valence-electron chi connectivity index (χ2n) is 13.0. The number of aliphatic hydroxyl groups is 1. The van der Waals surface area contributed by atoms with Crippen molar-refractivity contribution >= 4 is 39.9 Å². The number of nitrogens with one attached hydrogen (secondary N) is 2. The van der Waals surface area contributed by atoms with Crippen LogP contribution >= 0.6 is 0 Å². The molecule has 3 aliphatic rings. The van der Waals surface area contributed by atoms with Crippen molar-refractivity contribution < 1.29 is 29.0 Å². The van der Waals surface area contributed by atoms with Gasteiger partial charge in [0.25, 0.3) is 0 Å². The molecule has 1 spiro atoms. The average molecular weight is 634 g/mol. The Balaban J connectivity index is 1.24. The Kier molecular flexibility index (Phi) is 7.98. The lowest BCUT2D eigenvalue weighted by molar-refractivity contribution is -0.146. The summed E-state index contributed by atoms with van der Waals surface area (Å²) in [6.45, 7) is 3.94. The van der Waals surface area contributed by atoms with Crippen molar-refractivity contribution in [2.75, 3.05) is 23.8 Å². The van der Waals surface area contributed by atoms with E-state index in [0.29, 0.717) is 43.0 Å². The van der Waals surface area contributed by atoms with Crippen molar-refractivity contribution in [3.05, 3.63) is 103 Å². The number of amides is 3. The van der Waals surface area contributed by atoms with Crippen LogP contribution in [0.5, 0.6) is 5.75 Å².